The van der Waals surface area contributed by atoms with E-state index in [1.165, 1.54) is 3.97 Å². The molecule has 2 N–H and O–H groups in total. The van der Waals surface area contributed by atoms with Gasteiger partial charge in [0.2, 0.25) is 16.0 Å². The normalized spacial score (nSPS) is 12.1. The summed E-state index contributed by atoms with van der Waals surface area (Å²) >= 11 is 0. The van der Waals surface area contributed by atoms with Crippen molar-refractivity contribution in [3.8, 4) is 11.3 Å². The van der Waals surface area contributed by atoms with E-state index in [0.717, 1.165) is 28.0 Å². The van der Waals surface area contributed by atoms with E-state index in [0.29, 0.717) is 23.0 Å². The Morgan fingerprint density at radius 3 is 2.68 bits per heavy atom. The average Bonchev–Trinajstić information content (AvgIpc) is 3.45. The van der Waals surface area contributed by atoms with Gasteiger partial charge in [0, 0.05) is 41.2 Å². The van der Waals surface area contributed by atoms with Gasteiger partial charge in [-0.25, -0.2) is 22.4 Å². The molecular formula is C21H21N7O2S. The molecule has 0 fully saturated rings. The zero-order chi connectivity index (χ0) is 21.8. The fourth-order valence-electron chi connectivity index (χ4n) is 3.59. The first-order valence-corrected chi connectivity index (χ1v) is 11.5. The summed E-state index contributed by atoms with van der Waals surface area (Å²) in [6.07, 6.45) is 3.49. The number of hydrogen-bond donors (Lipinski definition) is 2. The van der Waals surface area contributed by atoms with Gasteiger partial charge in [0.25, 0.3) is 0 Å². The highest BCUT2D eigenvalue weighted by molar-refractivity contribution is 7.90. The fraction of sp³-hybridized carbons (Fsp3) is 0.190. The lowest BCUT2D eigenvalue weighted by Gasteiger charge is -2.10. The second kappa shape index (κ2) is 6.95. The number of aromatic amines is 1. The number of nitrogens with one attached hydrogen (secondary N) is 2. The van der Waals surface area contributed by atoms with Gasteiger partial charge < -0.3 is 5.32 Å². The average molecular weight is 436 g/mol. The predicted molar refractivity (Wildman–Crippen MR) is 120 cm³/mol. The Kier molecular flexibility index (Phi) is 4.33. The third kappa shape index (κ3) is 3.34. The number of H-pyrrole nitrogens is 1. The van der Waals surface area contributed by atoms with E-state index in [1.807, 2.05) is 54.8 Å². The standard InChI is InChI=1S/C21H21N7O2S/c1-4-31(29,30)28-8-7-15-5-6-16(10-18(15)28)17-11-20-22-14(3)12-27(20)21(23-17)24-19-9-13(2)25-26-19/h5-12H,4H2,1-3H3,(H2,23,24,25,26). The molecular weight excluding hydrogens is 414 g/mol. The minimum absolute atomic E-state index is 0.0235. The molecule has 158 valence electrons. The van der Waals surface area contributed by atoms with Gasteiger partial charge in [-0.3, -0.25) is 9.50 Å². The Labute approximate surface area is 178 Å². The lowest BCUT2D eigenvalue weighted by molar-refractivity contribution is 0.590. The van der Waals surface area contributed by atoms with Crippen LogP contribution >= 0.6 is 0 Å². The second-order valence-electron chi connectivity index (χ2n) is 7.42. The van der Waals surface area contributed by atoms with Crippen molar-refractivity contribution in [2.24, 2.45) is 0 Å². The Morgan fingerprint density at radius 2 is 1.94 bits per heavy atom. The number of hydrogen-bond acceptors (Lipinski definition) is 6. The molecule has 31 heavy (non-hydrogen) atoms. The number of aryl methyl sites for hydroxylation is 2. The van der Waals surface area contributed by atoms with Gasteiger partial charge in [0.05, 0.1) is 22.7 Å². The molecule has 9 nitrogen and oxygen atoms in total. The zero-order valence-corrected chi connectivity index (χ0v) is 18.1. The summed E-state index contributed by atoms with van der Waals surface area (Å²) in [6, 6.07) is 11.3. The Bertz CT molecular complexity index is 1540. The van der Waals surface area contributed by atoms with Gasteiger partial charge >= 0.3 is 0 Å². The molecule has 0 atom stereocenters. The maximum absolute atomic E-state index is 12.5. The first-order valence-electron chi connectivity index (χ1n) is 9.84. The van der Waals surface area contributed by atoms with E-state index in [-0.39, 0.29) is 5.75 Å². The molecule has 1 aromatic carbocycles. The SMILES string of the molecule is CCS(=O)(=O)n1ccc2ccc(-c3cc4nc(C)cn4c(Nc4cc(C)[nH]n4)n3)cc21. The first-order chi connectivity index (χ1) is 14.8. The molecule has 0 unspecified atom stereocenters. The number of anilines is 2. The van der Waals surface area contributed by atoms with Crippen molar-refractivity contribution < 1.29 is 8.42 Å². The van der Waals surface area contributed by atoms with Crippen molar-refractivity contribution in [2.75, 3.05) is 11.1 Å². The predicted octanol–water partition coefficient (Wildman–Crippen LogP) is 3.63. The maximum atomic E-state index is 12.5. The smallest absolute Gasteiger partial charge is 0.238 e. The first kappa shape index (κ1) is 19.3. The fourth-order valence-corrected chi connectivity index (χ4v) is 4.57. The number of imidazole rings is 1. The van der Waals surface area contributed by atoms with Crippen molar-refractivity contribution in [1.82, 2.24) is 28.5 Å². The number of fused-ring (bicyclic) bond motifs is 2. The van der Waals surface area contributed by atoms with Crippen molar-refractivity contribution in [3.63, 3.8) is 0 Å². The van der Waals surface area contributed by atoms with E-state index in [2.05, 4.69) is 20.5 Å². The minimum atomic E-state index is -3.40. The number of rotatable bonds is 5. The summed E-state index contributed by atoms with van der Waals surface area (Å²) in [6.45, 7) is 5.48. The van der Waals surface area contributed by atoms with Crippen molar-refractivity contribution in [1.29, 1.82) is 0 Å². The quantitative estimate of drug-likeness (QED) is 0.436. The van der Waals surface area contributed by atoms with E-state index < -0.39 is 10.0 Å². The van der Waals surface area contributed by atoms with Crippen LogP contribution in [0.15, 0.2) is 48.8 Å². The molecule has 0 radical (unpaired) electrons. The summed E-state index contributed by atoms with van der Waals surface area (Å²) in [5, 5.41) is 11.2. The lowest BCUT2D eigenvalue weighted by atomic mass is 10.1. The van der Waals surface area contributed by atoms with Crippen LogP contribution in [0.3, 0.4) is 0 Å². The number of benzene rings is 1. The number of aromatic nitrogens is 6. The van der Waals surface area contributed by atoms with E-state index in [9.17, 15) is 8.42 Å². The van der Waals surface area contributed by atoms with Crippen molar-refractivity contribution in [3.05, 3.63) is 60.2 Å². The summed E-state index contributed by atoms with van der Waals surface area (Å²) in [7, 11) is -3.40. The van der Waals surface area contributed by atoms with Crippen LogP contribution in [-0.2, 0) is 10.0 Å². The molecule has 5 aromatic rings. The van der Waals surface area contributed by atoms with E-state index in [4.69, 9.17) is 4.98 Å². The molecule has 0 bridgehead atoms. The van der Waals surface area contributed by atoms with E-state index in [1.54, 1.807) is 19.2 Å². The van der Waals surface area contributed by atoms with Crippen LogP contribution < -0.4 is 5.32 Å². The van der Waals surface area contributed by atoms with Crippen molar-refractivity contribution in [2.45, 2.75) is 20.8 Å². The molecule has 0 aliphatic carbocycles. The van der Waals surface area contributed by atoms with Gasteiger partial charge in [-0.1, -0.05) is 12.1 Å². The third-order valence-electron chi connectivity index (χ3n) is 5.14. The summed E-state index contributed by atoms with van der Waals surface area (Å²) in [5.41, 5.74) is 4.62. The summed E-state index contributed by atoms with van der Waals surface area (Å²) in [4.78, 5) is 9.37. The van der Waals surface area contributed by atoms with Crippen LogP contribution in [0.25, 0.3) is 27.8 Å². The van der Waals surface area contributed by atoms with Crippen LogP contribution in [0.5, 0.6) is 0 Å². The second-order valence-corrected chi connectivity index (χ2v) is 9.56. The Hall–Kier alpha value is -3.66. The highest BCUT2D eigenvalue weighted by Crippen LogP contribution is 2.28. The molecule has 4 aromatic heterocycles. The van der Waals surface area contributed by atoms with Crippen molar-refractivity contribution >= 4 is 38.3 Å². The molecule has 0 saturated heterocycles. The minimum Gasteiger partial charge on any atom is -0.308 e. The Balaban J connectivity index is 1.68. The highest BCUT2D eigenvalue weighted by atomic mass is 32.2. The largest absolute Gasteiger partial charge is 0.308 e. The number of nitrogens with zero attached hydrogens (tertiary/aromatic N) is 5. The molecule has 0 aliphatic rings. The van der Waals surface area contributed by atoms with Crippen LogP contribution in [0.4, 0.5) is 11.8 Å². The van der Waals surface area contributed by atoms with Gasteiger partial charge in [-0.05, 0) is 32.9 Å². The summed E-state index contributed by atoms with van der Waals surface area (Å²) in [5.74, 6) is 1.24. The van der Waals surface area contributed by atoms with E-state index >= 15 is 0 Å². The van der Waals surface area contributed by atoms with Gasteiger partial charge in [-0.2, -0.15) is 5.10 Å². The Morgan fingerprint density at radius 1 is 1.10 bits per heavy atom. The highest BCUT2D eigenvalue weighted by Gasteiger charge is 2.16. The van der Waals surface area contributed by atoms with Crippen LogP contribution in [0.1, 0.15) is 18.3 Å². The van der Waals surface area contributed by atoms with Crippen LogP contribution in [0, 0.1) is 13.8 Å². The molecule has 0 spiro atoms. The lowest BCUT2D eigenvalue weighted by Crippen LogP contribution is -2.13. The molecule has 4 heterocycles. The molecule has 10 heteroatoms. The monoisotopic (exact) mass is 435 g/mol. The third-order valence-corrected chi connectivity index (χ3v) is 6.78. The molecule has 5 rings (SSSR count). The van der Waals surface area contributed by atoms with Gasteiger partial charge in [-0.15, -0.1) is 0 Å². The molecule has 0 amide bonds. The van der Waals surface area contributed by atoms with Crippen LogP contribution in [-0.4, -0.2) is 42.7 Å². The molecule has 0 saturated carbocycles. The van der Waals surface area contributed by atoms with Crippen LogP contribution in [0.2, 0.25) is 0 Å². The molecule has 0 aliphatic heterocycles. The van der Waals surface area contributed by atoms with Gasteiger partial charge in [0.1, 0.15) is 5.65 Å². The summed E-state index contributed by atoms with van der Waals surface area (Å²) < 4.78 is 28.1. The zero-order valence-electron chi connectivity index (χ0n) is 17.3. The maximum Gasteiger partial charge on any atom is 0.238 e. The topological polar surface area (TPSA) is 110 Å². The van der Waals surface area contributed by atoms with Gasteiger partial charge in [0.15, 0.2) is 5.82 Å².